The molecule has 0 amide bonds. The predicted octanol–water partition coefficient (Wildman–Crippen LogP) is 20.3. The van der Waals surface area contributed by atoms with Crippen molar-refractivity contribution < 1.29 is 39.6 Å². The van der Waals surface area contributed by atoms with E-state index in [9.17, 15) is 0 Å². The zero-order valence-electron chi connectivity index (χ0n) is 53.1. The minimum atomic E-state index is 0. The van der Waals surface area contributed by atoms with E-state index >= 15 is 0 Å². The molecule has 0 radical (unpaired) electrons. The molecule has 11 heteroatoms. The molecule has 0 spiro atoms. The van der Waals surface area contributed by atoms with Crippen LogP contribution in [0.2, 0.25) is 0 Å². The molecule has 18 rings (SSSR count). The topological polar surface area (TPSA) is 139 Å². The van der Waals surface area contributed by atoms with Crippen LogP contribution in [0.5, 0.6) is 0 Å². The van der Waals surface area contributed by atoms with Gasteiger partial charge in [0.2, 0.25) is 0 Å². The van der Waals surface area contributed by atoms with E-state index in [4.69, 9.17) is 39.9 Å². The summed E-state index contributed by atoms with van der Waals surface area (Å²) in [4.78, 5) is 42.5. The van der Waals surface area contributed by atoms with Crippen molar-refractivity contribution >= 4 is 92.7 Å². The number of hydrogen-bond acceptors (Lipinski definition) is 4. The third-order valence-electron chi connectivity index (χ3n) is 17.7. The molecule has 8 aromatic carbocycles. The summed E-state index contributed by atoms with van der Waals surface area (Å²) in [7, 11) is 0. The molecule has 4 aliphatic heterocycles. The van der Waals surface area contributed by atoms with Crippen LogP contribution in [0.4, 0.5) is 0 Å². The zero-order valence-corrected chi connectivity index (χ0v) is 55.3. The van der Waals surface area contributed by atoms with Gasteiger partial charge in [-0.2, -0.15) is 0 Å². The van der Waals surface area contributed by atoms with E-state index in [-0.39, 0.29) is 39.6 Å². The maximum atomic E-state index is 5.31. The van der Waals surface area contributed by atoms with Crippen LogP contribution in [0.1, 0.15) is 45.6 Å². The molecule has 0 saturated heterocycles. The number of aromatic nitrogens is 8. The molecule has 472 valence electrons. The first-order chi connectivity index (χ1) is 47.6. The van der Waals surface area contributed by atoms with Gasteiger partial charge in [-0.3, -0.25) is 0 Å². The molecule has 0 saturated carbocycles. The van der Waals surface area contributed by atoms with Crippen molar-refractivity contribution in [3.05, 3.63) is 337 Å². The third kappa shape index (κ3) is 12.5. The maximum Gasteiger partial charge on any atom is 2.00 e. The summed E-state index contributed by atoms with van der Waals surface area (Å²) in [5.74, 6) is 0. The quantitative estimate of drug-likeness (QED) is 0.137. The van der Waals surface area contributed by atoms with Crippen molar-refractivity contribution in [2.45, 2.75) is 0 Å². The van der Waals surface area contributed by atoms with Crippen LogP contribution in [0, 0.1) is 0 Å². The van der Waals surface area contributed by atoms with E-state index in [2.05, 4.69) is 291 Å². The van der Waals surface area contributed by atoms with Gasteiger partial charge in [-0.1, -0.05) is 291 Å². The molecule has 99 heavy (non-hydrogen) atoms. The van der Waals surface area contributed by atoms with Crippen LogP contribution in [0.3, 0.4) is 0 Å². The third-order valence-corrected chi connectivity index (χ3v) is 17.7. The number of rotatable bonds is 8. The number of hydrogen-bond donors (Lipinski definition) is 0. The fourth-order valence-corrected chi connectivity index (χ4v) is 13.4. The molecule has 6 aromatic heterocycles. The average Bonchev–Trinajstić information content (AvgIpc) is 1.63. The summed E-state index contributed by atoms with van der Waals surface area (Å²) in [6.07, 6.45) is 16.8. The molecular weight excluding hydrogens is 1300 g/mol. The Kier molecular flexibility index (Phi) is 18.4. The van der Waals surface area contributed by atoms with E-state index in [1.165, 1.54) is 0 Å². The second-order valence-corrected chi connectivity index (χ2v) is 23.7. The summed E-state index contributed by atoms with van der Waals surface area (Å²) in [6, 6.07) is 100. The number of benzene rings is 8. The summed E-state index contributed by atoms with van der Waals surface area (Å²) in [5, 5.41) is 0. The molecule has 4 aliphatic rings. The molecule has 14 aromatic rings. The fourth-order valence-electron chi connectivity index (χ4n) is 13.4. The summed E-state index contributed by atoms with van der Waals surface area (Å²) >= 11 is 0. The van der Waals surface area contributed by atoms with E-state index in [0.29, 0.717) is 0 Å². The van der Waals surface area contributed by atoms with Gasteiger partial charge in [0.15, 0.2) is 0 Å². The van der Waals surface area contributed by atoms with Crippen molar-refractivity contribution in [1.82, 2.24) is 39.9 Å². The Bertz CT molecular complexity index is 4730. The van der Waals surface area contributed by atoms with Gasteiger partial charge in [0.1, 0.15) is 0 Å². The van der Waals surface area contributed by atoms with Crippen molar-refractivity contribution in [2.24, 2.45) is 0 Å². The van der Waals surface area contributed by atoms with Gasteiger partial charge in [-0.05, 0) is 138 Å². The SMILES string of the molecule is C1=Cc2nc1c(-c1ccccc1)c1ccc([n-]1)c(-c1ccccc1)c1nc(c(-c3ccccc3)c3ccc([n-]3)c2-c2ccccc2)C=C1.C1=Cc2nc1c(-c1ccccc1)c1ccc([n-]1)c(-c1ccccc1)c1nc(c(-c3ccccc3)c3ccc([n-]3)c2-c2ccccc2)C=C1.O.[Fe+2].[Fe+2]. The second-order valence-electron chi connectivity index (χ2n) is 23.7. The molecule has 9 nitrogen and oxygen atoms in total. The molecule has 0 fully saturated rings. The summed E-state index contributed by atoms with van der Waals surface area (Å²) in [6.45, 7) is 0. The van der Waals surface area contributed by atoms with E-state index in [1.807, 2.05) is 48.5 Å². The van der Waals surface area contributed by atoms with Crippen LogP contribution >= 0.6 is 0 Å². The minimum Gasteiger partial charge on any atom is -0.657 e. The van der Waals surface area contributed by atoms with Gasteiger partial charge in [0.25, 0.3) is 0 Å². The monoisotopic (exact) mass is 1350 g/mol. The first-order valence-corrected chi connectivity index (χ1v) is 32.1. The van der Waals surface area contributed by atoms with Gasteiger partial charge < -0.3 is 25.4 Å². The van der Waals surface area contributed by atoms with Crippen LogP contribution in [0.15, 0.2) is 291 Å². The van der Waals surface area contributed by atoms with E-state index in [1.54, 1.807) is 0 Å². The van der Waals surface area contributed by atoms with Gasteiger partial charge in [-0.25, -0.2) is 19.9 Å². The first kappa shape index (κ1) is 64.3. The first-order valence-electron chi connectivity index (χ1n) is 32.1. The maximum absolute atomic E-state index is 5.31. The molecule has 0 atom stereocenters. The minimum absolute atomic E-state index is 0. The normalized spacial score (nSPS) is 11.6. The van der Waals surface area contributed by atoms with Crippen LogP contribution in [-0.2, 0) is 34.1 Å². The molecule has 10 heterocycles. The molecule has 2 N–H and O–H groups in total. The van der Waals surface area contributed by atoms with E-state index < -0.39 is 0 Å². The van der Waals surface area contributed by atoms with E-state index in [0.717, 1.165) is 179 Å². The van der Waals surface area contributed by atoms with Gasteiger partial charge in [0.05, 0.1) is 45.6 Å². The van der Waals surface area contributed by atoms with Gasteiger partial charge in [0, 0.05) is 0 Å². The zero-order chi connectivity index (χ0) is 63.7. The van der Waals surface area contributed by atoms with Crippen molar-refractivity contribution in [3.8, 4) is 89.0 Å². The van der Waals surface area contributed by atoms with Crippen LogP contribution < -0.4 is 19.9 Å². The smallest absolute Gasteiger partial charge is 0.657 e. The van der Waals surface area contributed by atoms with Crippen molar-refractivity contribution in [3.63, 3.8) is 0 Å². The molecular formula is C88H58Fe2N8O. The Hall–Kier alpha value is -12.0. The number of fused-ring (bicyclic) bond motifs is 16. The van der Waals surface area contributed by atoms with Gasteiger partial charge >= 0.3 is 34.1 Å². The second kappa shape index (κ2) is 28.3. The Morgan fingerprint density at radius 3 is 0.374 bits per heavy atom. The fraction of sp³-hybridized carbons (Fsp3) is 0. The Labute approximate surface area is 593 Å². The Balaban J connectivity index is 0.000000164. The van der Waals surface area contributed by atoms with Crippen LogP contribution in [-0.4, -0.2) is 25.4 Å². The number of nitrogens with zero attached hydrogens (tertiary/aromatic N) is 8. The largest absolute Gasteiger partial charge is 2.00 e. The summed E-state index contributed by atoms with van der Waals surface area (Å²) in [5.41, 5.74) is 30.0. The summed E-state index contributed by atoms with van der Waals surface area (Å²) < 4.78 is 0. The average molecular weight is 1360 g/mol. The van der Waals surface area contributed by atoms with Crippen molar-refractivity contribution in [2.75, 3.05) is 0 Å². The Morgan fingerprint density at radius 1 is 0.152 bits per heavy atom. The predicted molar refractivity (Wildman–Crippen MR) is 401 cm³/mol. The molecule has 0 aliphatic carbocycles. The Morgan fingerprint density at radius 2 is 0.263 bits per heavy atom. The van der Waals surface area contributed by atoms with Crippen LogP contribution in [0.25, 0.3) is 182 Å². The molecule has 16 bridgehead atoms. The molecule has 0 unspecified atom stereocenters. The standard InChI is InChI=1S/2C44H28N4.2Fe.H2O/c2*1-5-13-29(14-6-1)41-33-21-23-35(45-33)42(30-15-7-2-8-16-30)37-25-27-39(47-37)44(32-19-11-4-12-20-32)40-28-26-38(48-40)43(31-17-9-3-10-18-31)36-24-22-34(41)46-36;;;/h2*1-28H;;;1H2/q2*-2;2*+2;. The van der Waals surface area contributed by atoms with Crippen molar-refractivity contribution in [1.29, 1.82) is 0 Å². The van der Waals surface area contributed by atoms with Gasteiger partial charge in [-0.15, -0.1) is 44.1 Å².